The van der Waals surface area contributed by atoms with Crippen LogP contribution in [0.2, 0.25) is 0 Å². The van der Waals surface area contributed by atoms with E-state index in [1.165, 1.54) is 24.1 Å². The molecule has 1 amide bonds. The van der Waals surface area contributed by atoms with Crippen molar-refractivity contribution in [2.75, 3.05) is 27.4 Å². The van der Waals surface area contributed by atoms with Gasteiger partial charge in [0.05, 0.1) is 20.6 Å². The predicted octanol–water partition coefficient (Wildman–Crippen LogP) is 2.81. The van der Waals surface area contributed by atoms with Crippen LogP contribution in [0.3, 0.4) is 0 Å². The van der Waals surface area contributed by atoms with Crippen LogP contribution in [-0.4, -0.2) is 44.1 Å². The normalized spacial score (nSPS) is 10.2. The number of benzene rings is 2. The van der Waals surface area contributed by atoms with Crippen molar-refractivity contribution in [2.24, 2.45) is 0 Å². The molecule has 2 aromatic rings. The molecular weight excluding hydrogens is 353 g/mol. The Morgan fingerprint density at radius 2 is 1.74 bits per heavy atom. The van der Waals surface area contributed by atoms with Gasteiger partial charge in [0.1, 0.15) is 17.3 Å². The summed E-state index contributed by atoms with van der Waals surface area (Å²) in [6, 6.07) is 12.8. The second-order valence-electron chi connectivity index (χ2n) is 5.74. The van der Waals surface area contributed by atoms with Crippen LogP contribution in [0.1, 0.15) is 12.0 Å². The van der Waals surface area contributed by atoms with Gasteiger partial charge in [-0.1, -0.05) is 18.2 Å². The van der Waals surface area contributed by atoms with Gasteiger partial charge in [0.15, 0.2) is 6.61 Å². The zero-order valence-corrected chi connectivity index (χ0v) is 15.3. The lowest BCUT2D eigenvalue weighted by Gasteiger charge is -2.22. The first kappa shape index (κ1) is 20.2. The summed E-state index contributed by atoms with van der Waals surface area (Å²) in [5.74, 6) is 0.0467. The molecule has 0 heterocycles. The third-order valence-electron chi connectivity index (χ3n) is 3.86. The van der Waals surface area contributed by atoms with Crippen LogP contribution in [0.15, 0.2) is 48.5 Å². The Hall–Kier alpha value is -3.09. The van der Waals surface area contributed by atoms with E-state index in [0.29, 0.717) is 11.5 Å². The van der Waals surface area contributed by atoms with Gasteiger partial charge in [-0.3, -0.25) is 9.59 Å². The minimum absolute atomic E-state index is 0.0581. The number of hydrogen-bond acceptors (Lipinski definition) is 5. The number of carbonyl (C=O) groups is 2. The molecule has 0 aliphatic rings. The Morgan fingerprint density at radius 1 is 1.04 bits per heavy atom. The molecule has 2 rings (SSSR count). The molecule has 0 saturated heterocycles. The molecule has 0 fully saturated rings. The van der Waals surface area contributed by atoms with E-state index in [4.69, 9.17) is 9.47 Å². The molecule has 0 radical (unpaired) electrons. The first-order valence-corrected chi connectivity index (χ1v) is 8.37. The molecule has 0 spiro atoms. The summed E-state index contributed by atoms with van der Waals surface area (Å²) >= 11 is 0. The fourth-order valence-corrected chi connectivity index (χ4v) is 2.36. The summed E-state index contributed by atoms with van der Waals surface area (Å²) in [7, 11) is 2.84. The fourth-order valence-electron chi connectivity index (χ4n) is 2.36. The van der Waals surface area contributed by atoms with Gasteiger partial charge in [0, 0.05) is 19.2 Å². The van der Waals surface area contributed by atoms with E-state index in [2.05, 4.69) is 4.74 Å². The quantitative estimate of drug-likeness (QED) is 0.631. The van der Waals surface area contributed by atoms with Crippen molar-refractivity contribution in [1.29, 1.82) is 0 Å². The van der Waals surface area contributed by atoms with E-state index in [0.717, 1.165) is 5.56 Å². The summed E-state index contributed by atoms with van der Waals surface area (Å²) in [6.07, 6.45) is 0.0581. The number of nitrogens with zero attached hydrogens (tertiary/aromatic N) is 1. The highest BCUT2D eigenvalue weighted by Crippen LogP contribution is 2.19. The van der Waals surface area contributed by atoms with Crippen LogP contribution >= 0.6 is 0 Å². The van der Waals surface area contributed by atoms with Crippen LogP contribution in [0.5, 0.6) is 11.5 Å². The van der Waals surface area contributed by atoms with Crippen LogP contribution in [0, 0.1) is 5.82 Å². The zero-order valence-electron chi connectivity index (χ0n) is 15.3. The topological polar surface area (TPSA) is 65.1 Å². The summed E-state index contributed by atoms with van der Waals surface area (Å²) < 4.78 is 28.4. The first-order valence-electron chi connectivity index (χ1n) is 8.37. The smallest absolute Gasteiger partial charge is 0.307 e. The van der Waals surface area contributed by atoms with Gasteiger partial charge in [0.25, 0.3) is 5.91 Å². The second kappa shape index (κ2) is 10.2. The average molecular weight is 375 g/mol. The van der Waals surface area contributed by atoms with Gasteiger partial charge < -0.3 is 19.1 Å². The number of amides is 1. The molecule has 7 heteroatoms. The first-order chi connectivity index (χ1) is 13.0. The molecule has 0 aliphatic heterocycles. The Labute approximate surface area is 157 Å². The highest BCUT2D eigenvalue weighted by Gasteiger charge is 2.17. The number of ether oxygens (including phenoxy) is 3. The number of esters is 1. The Morgan fingerprint density at radius 3 is 2.41 bits per heavy atom. The third kappa shape index (κ3) is 6.62. The lowest BCUT2D eigenvalue weighted by Crippen LogP contribution is -2.36. The molecule has 6 nitrogen and oxygen atoms in total. The SMILES string of the molecule is COC(=O)CCN(Cc1ccc(F)cc1)C(=O)COc1cccc(OC)c1. The summed E-state index contributed by atoms with van der Waals surface area (Å²) in [5.41, 5.74) is 0.746. The summed E-state index contributed by atoms with van der Waals surface area (Å²) in [6.45, 7) is 0.206. The standard InChI is InChI=1S/C20H22FNO5/c1-25-17-4-3-5-18(12-17)27-14-19(23)22(11-10-20(24)26-2)13-15-6-8-16(21)9-7-15/h3-9,12H,10-11,13-14H2,1-2H3. The fraction of sp³-hybridized carbons (Fsp3) is 0.300. The maximum Gasteiger partial charge on any atom is 0.307 e. The van der Waals surface area contributed by atoms with Crippen molar-refractivity contribution in [2.45, 2.75) is 13.0 Å². The van der Waals surface area contributed by atoms with E-state index >= 15 is 0 Å². The Kier molecular flexibility index (Phi) is 7.61. The number of carbonyl (C=O) groups excluding carboxylic acids is 2. The minimum atomic E-state index is -0.416. The van der Waals surface area contributed by atoms with E-state index < -0.39 is 5.97 Å². The summed E-state index contributed by atoms with van der Waals surface area (Å²) in [4.78, 5) is 25.5. The monoisotopic (exact) mass is 375 g/mol. The van der Waals surface area contributed by atoms with E-state index in [1.807, 2.05) is 0 Å². The van der Waals surface area contributed by atoms with Gasteiger partial charge in [-0.25, -0.2) is 4.39 Å². The zero-order chi connectivity index (χ0) is 19.6. The Balaban J connectivity index is 2.02. The minimum Gasteiger partial charge on any atom is -0.497 e. The average Bonchev–Trinajstić information content (AvgIpc) is 2.70. The molecule has 2 aromatic carbocycles. The largest absolute Gasteiger partial charge is 0.497 e. The van der Waals surface area contributed by atoms with Crippen molar-refractivity contribution in [3.05, 3.63) is 59.9 Å². The second-order valence-corrected chi connectivity index (χ2v) is 5.74. The van der Waals surface area contributed by atoms with Crippen molar-refractivity contribution < 1.29 is 28.2 Å². The molecule has 0 bridgehead atoms. The highest BCUT2D eigenvalue weighted by molar-refractivity contribution is 5.78. The van der Waals surface area contributed by atoms with Crippen LogP contribution in [0.4, 0.5) is 4.39 Å². The van der Waals surface area contributed by atoms with E-state index in [-0.39, 0.29) is 37.8 Å². The number of hydrogen-bond donors (Lipinski definition) is 0. The van der Waals surface area contributed by atoms with Gasteiger partial charge in [-0.05, 0) is 29.8 Å². The van der Waals surface area contributed by atoms with Crippen LogP contribution < -0.4 is 9.47 Å². The lowest BCUT2D eigenvalue weighted by atomic mass is 10.2. The molecule has 0 N–H and O–H groups in total. The summed E-state index contributed by atoms with van der Waals surface area (Å²) in [5, 5.41) is 0. The highest BCUT2D eigenvalue weighted by atomic mass is 19.1. The van der Waals surface area contributed by atoms with Gasteiger partial charge in [-0.15, -0.1) is 0 Å². The maximum atomic E-state index is 13.1. The molecule has 0 saturated carbocycles. The van der Waals surface area contributed by atoms with E-state index in [1.54, 1.807) is 43.5 Å². The van der Waals surface area contributed by atoms with Crippen LogP contribution in [-0.2, 0) is 20.9 Å². The van der Waals surface area contributed by atoms with Crippen molar-refractivity contribution >= 4 is 11.9 Å². The molecule has 0 atom stereocenters. The molecular formula is C20H22FNO5. The number of rotatable bonds is 9. The number of methoxy groups -OCH3 is 2. The Bertz CT molecular complexity index is 763. The third-order valence-corrected chi connectivity index (χ3v) is 3.86. The lowest BCUT2D eigenvalue weighted by molar-refractivity contribution is -0.142. The predicted molar refractivity (Wildman–Crippen MR) is 96.9 cm³/mol. The maximum absolute atomic E-state index is 13.1. The molecule has 27 heavy (non-hydrogen) atoms. The number of halogens is 1. The van der Waals surface area contributed by atoms with Gasteiger partial charge in [-0.2, -0.15) is 0 Å². The molecule has 0 aromatic heterocycles. The molecule has 144 valence electrons. The van der Waals surface area contributed by atoms with Crippen molar-refractivity contribution in [1.82, 2.24) is 4.90 Å². The van der Waals surface area contributed by atoms with Crippen molar-refractivity contribution in [3.8, 4) is 11.5 Å². The van der Waals surface area contributed by atoms with Crippen LogP contribution in [0.25, 0.3) is 0 Å². The van der Waals surface area contributed by atoms with Gasteiger partial charge in [0.2, 0.25) is 0 Å². The van der Waals surface area contributed by atoms with Crippen molar-refractivity contribution in [3.63, 3.8) is 0 Å². The van der Waals surface area contributed by atoms with Gasteiger partial charge >= 0.3 is 5.97 Å². The van der Waals surface area contributed by atoms with E-state index in [9.17, 15) is 14.0 Å². The molecule has 0 unspecified atom stereocenters. The molecule has 0 aliphatic carbocycles.